The quantitative estimate of drug-likeness (QED) is 0.852. The number of rotatable bonds is 4. The molecule has 3 rings (SSSR count). The van der Waals surface area contributed by atoms with Crippen molar-refractivity contribution in [1.29, 1.82) is 0 Å². The molecular weight excluding hydrogens is 284 g/mol. The van der Waals surface area contributed by atoms with E-state index in [2.05, 4.69) is 17.4 Å². The van der Waals surface area contributed by atoms with Crippen LogP contribution in [0.25, 0.3) is 0 Å². The van der Waals surface area contributed by atoms with E-state index in [9.17, 15) is 8.42 Å². The molecule has 2 aromatic carbocycles. The van der Waals surface area contributed by atoms with Crippen molar-refractivity contribution in [3.63, 3.8) is 0 Å². The number of nitrogens with two attached hydrogens (primary N) is 1. The van der Waals surface area contributed by atoms with Gasteiger partial charge in [-0.1, -0.05) is 36.4 Å². The summed E-state index contributed by atoms with van der Waals surface area (Å²) in [5.41, 5.74) is 8.29. The lowest BCUT2D eigenvalue weighted by atomic mass is 10.1. The summed E-state index contributed by atoms with van der Waals surface area (Å²) >= 11 is 0. The van der Waals surface area contributed by atoms with Crippen molar-refractivity contribution >= 4 is 21.2 Å². The highest BCUT2D eigenvalue weighted by atomic mass is 32.2. The monoisotopic (exact) mass is 302 g/mol. The van der Waals surface area contributed by atoms with Crippen LogP contribution in [0, 0.1) is 0 Å². The molecule has 4 nitrogen and oxygen atoms in total. The minimum atomic E-state index is -3.30. The van der Waals surface area contributed by atoms with E-state index >= 15 is 0 Å². The molecule has 0 bridgehead atoms. The number of nitrogen functional groups attached to an aromatic ring is 1. The van der Waals surface area contributed by atoms with Crippen LogP contribution >= 0.6 is 0 Å². The van der Waals surface area contributed by atoms with Gasteiger partial charge in [0, 0.05) is 18.2 Å². The second kappa shape index (κ2) is 5.07. The zero-order valence-corrected chi connectivity index (χ0v) is 12.6. The maximum absolute atomic E-state index is 11.7. The van der Waals surface area contributed by atoms with Crippen molar-refractivity contribution in [2.24, 2.45) is 0 Å². The van der Waals surface area contributed by atoms with Gasteiger partial charge in [-0.25, -0.2) is 8.42 Å². The molecule has 3 N–H and O–H groups in total. The Hall–Kier alpha value is -2.01. The van der Waals surface area contributed by atoms with Gasteiger partial charge in [0.15, 0.2) is 9.84 Å². The van der Waals surface area contributed by atoms with Crippen LogP contribution in [-0.2, 0) is 9.84 Å². The van der Waals surface area contributed by atoms with Crippen LogP contribution in [0.2, 0.25) is 0 Å². The maximum atomic E-state index is 11.7. The van der Waals surface area contributed by atoms with Crippen LogP contribution in [0.4, 0.5) is 11.4 Å². The van der Waals surface area contributed by atoms with Gasteiger partial charge in [0.1, 0.15) is 0 Å². The number of benzene rings is 2. The normalized spacial score (nSPS) is 21.0. The summed E-state index contributed by atoms with van der Waals surface area (Å²) in [6.45, 7) is 0. The highest BCUT2D eigenvalue weighted by Crippen LogP contribution is 2.43. The number of hydrogen-bond acceptors (Lipinski definition) is 4. The average molecular weight is 302 g/mol. The maximum Gasteiger partial charge on any atom is 0.177 e. The van der Waals surface area contributed by atoms with Gasteiger partial charge in [-0.15, -0.1) is 0 Å². The van der Waals surface area contributed by atoms with Gasteiger partial charge >= 0.3 is 0 Å². The molecule has 0 aliphatic heterocycles. The van der Waals surface area contributed by atoms with Crippen LogP contribution in [0.5, 0.6) is 0 Å². The molecule has 5 heteroatoms. The largest absolute Gasteiger partial charge is 0.396 e. The van der Waals surface area contributed by atoms with Crippen LogP contribution in [0.1, 0.15) is 17.9 Å². The summed E-state index contributed by atoms with van der Waals surface area (Å²) in [6, 6.07) is 15.7. The predicted octanol–water partition coefficient (Wildman–Crippen LogP) is 2.64. The van der Waals surface area contributed by atoms with Crippen LogP contribution in [0.3, 0.4) is 0 Å². The molecule has 1 saturated carbocycles. The van der Waals surface area contributed by atoms with Crippen molar-refractivity contribution in [2.75, 3.05) is 17.3 Å². The summed E-state index contributed by atoms with van der Waals surface area (Å²) < 4.78 is 23.4. The second-order valence-corrected chi connectivity index (χ2v) is 7.48. The summed E-state index contributed by atoms with van der Waals surface area (Å²) in [7, 11) is -3.30. The van der Waals surface area contributed by atoms with Crippen LogP contribution < -0.4 is 11.1 Å². The van der Waals surface area contributed by atoms with Gasteiger partial charge in [-0.05, 0) is 24.1 Å². The van der Waals surface area contributed by atoms with Gasteiger partial charge in [0.25, 0.3) is 0 Å². The summed E-state index contributed by atoms with van der Waals surface area (Å²) in [4.78, 5) is 0.185. The molecule has 0 spiro atoms. The van der Waals surface area contributed by atoms with E-state index in [0.29, 0.717) is 23.3 Å². The Kier molecular flexibility index (Phi) is 3.37. The number of anilines is 2. The standard InChI is InChI=1S/C16H18N2O2S/c1-21(19,20)15-9-5-8-13(16(15)17)18-14-10-12(14)11-6-3-2-4-7-11/h2-9,12,14,18H,10,17H2,1H3. The molecule has 110 valence electrons. The molecule has 0 amide bonds. The molecule has 0 aromatic heterocycles. The third-order valence-corrected chi connectivity index (χ3v) is 4.98. The molecule has 2 atom stereocenters. The van der Waals surface area contributed by atoms with Crippen LogP contribution in [-0.4, -0.2) is 20.7 Å². The Labute approximate surface area is 124 Å². The van der Waals surface area contributed by atoms with Gasteiger partial charge < -0.3 is 11.1 Å². The molecular formula is C16H18N2O2S. The molecule has 0 heterocycles. The van der Waals surface area contributed by atoms with E-state index < -0.39 is 9.84 Å². The first-order valence-electron chi connectivity index (χ1n) is 6.87. The minimum absolute atomic E-state index is 0.185. The molecule has 21 heavy (non-hydrogen) atoms. The van der Waals surface area contributed by atoms with Crippen molar-refractivity contribution < 1.29 is 8.42 Å². The molecule has 1 aliphatic rings. The fourth-order valence-corrected chi connectivity index (χ4v) is 3.45. The SMILES string of the molecule is CS(=O)(=O)c1cccc(NC2CC2c2ccccc2)c1N. The van der Waals surface area contributed by atoms with Crippen molar-refractivity contribution in [3.05, 3.63) is 54.1 Å². The summed E-state index contributed by atoms with van der Waals surface area (Å²) in [5.74, 6) is 0.465. The highest BCUT2D eigenvalue weighted by Gasteiger charge is 2.38. The third kappa shape index (κ3) is 2.88. The van der Waals surface area contributed by atoms with Gasteiger partial charge in [0.05, 0.1) is 16.3 Å². The van der Waals surface area contributed by atoms with E-state index in [1.165, 1.54) is 17.9 Å². The lowest BCUT2D eigenvalue weighted by Gasteiger charge is -2.12. The first kappa shape index (κ1) is 13.9. The van der Waals surface area contributed by atoms with Crippen molar-refractivity contribution in [1.82, 2.24) is 0 Å². The van der Waals surface area contributed by atoms with E-state index in [1.807, 2.05) is 24.3 Å². The lowest BCUT2D eigenvalue weighted by molar-refractivity contribution is 0.602. The molecule has 1 fully saturated rings. The Morgan fingerprint density at radius 2 is 1.81 bits per heavy atom. The molecule has 1 aliphatic carbocycles. The lowest BCUT2D eigenvalue weighted by Crippen LogP contribution is -2.09. The number of sulfone groups is 1. The molecule has 0 radical (unpaired) electrons. The van der Waals surface area contributed by atoms with E-state index in [4.69, 9.17) is 5.73 Å². The Morgan fingerprint density at radius 3 is 2.48 bits per heavy atom. The highest BCUT2D eigenvalue weighted by molar-refractivity contribution is 7.90. The fraction of sp³-hybridized carbons (Fsp3) is 0.250. The molecule has 0 saturated heterocycles. The number of nitrogens with one attached hydrogen (secondary N) is 1. The van der Waals surface area contributed by atoms with Gasteiger partial charge in [-0.2, -0.15) is 0 Å². The fourth-order valence-electron chi connectivity index (χ4n) is 2.62. The van der Waals surface area contributed by atoms with E-state index in [1.54, 1.807) is 6.07 Å². The van der Waals surface area contributed by atoms with Crippen molar-refractivity contribution in [3.8, 4) is 0 Å². The first-order chi connectivity index (χ1) is 9.97. The zero-order chi connectivity index (χ0) is 15.0. The first-order valence-corrected chi connectivity index (χ1v) is 8.76. The number of para-hydroxylation sites is 1. The van der Waals surface area contributed by atoms with E-state index in [0.717, 1.165) is 6.42 Å². The smallest absolute Gasteiger partial charge is 0.177 e. The summed E-state index contributed by atoms with van der Waals surface area (Å²) in [6.07, 6.45) is 2.21. The van der Waals surface area contributed by atoms with E-state index in [-0.39, 0.29) is 4.90 Å². The van der Waals surface area contributed by atoms with Gasteiger partial charge in [0.2, 0.25) is 0 Å². The Morgan fingerprint density at radius 1 is 1.10 bits per heavy atom. The van der Waals surface area contributed by atoms with Crippen molar-refractivity contribution in [2.45, 2.75) is 23.3 Å². The molecule has 2 unspecified atom stereocenters. The average Bonchev–Trinajstić information content (AvgIpc) is 3.20. The minimum Gasteiger partial charge on any atom is -0.396 e. The third-order valence-electron chi connectivity index (χ3n) is 3.82. The predicted molar refractivity (Wildman–Crippen MR) is 85.2 cm³/mol. The zero-order valence-electron chi connectivity index (χ0n) is 11.8. The second-order valence-electron chi connectivity index (χ2n) is 5.49. The Bertz CT molecular complexity index is 757. The summed E-state index contributed by atoms with van der Waals surface area (Å²) in [5, 5.41) is 3.36. The topological polar surface area (TPSA) is 72.2 Å². The Balaban J connectivity index is 1.79. The van der Waals surface area contributed by atoms with Gasteiger partial charge in [-0.3, -0.25) is 0 Å². The number of hydrogen-bond donors (Lipinski definition) is 2. The van der Waals surface area contributed by atoms with Crippen LogP contribution in [0.15, 0.2) is 53.4 Å². The molecule has 2 aromatic rings.